The molecule has 1 N–H and O–H groups in total. The summed E-state index contributed by atoms with van der Waals surface area (Å²) in [6.45, 7) is 1.37. The van der Waals surface area contributed by atoms with Gasteiger partial charge >= 0.3 is 0 Å². The maximum atomic E-state index is 3.73. The Morgan fingerprint density at radius 1 is 1.07 bits per heavy atom. The Morgan fingerprint density at radius 3 is 2.27 bits per heavy atom. The Labute approximate surface area is 93.4 Å². The third-order valence-corrected chi connectivity index (χ3v) is 4.84. The van der Waals surface area contributed by atoms with E-state index in [1.54, 1.807) is 0 Å². The van der Waals surface area contributed by atoms with Crippen molar-refractivity contribution in [1.82, 2.24) is 10.2 Å². The zero-order valence-electron chi connectivity index (χ0n) is 9.91. The highest BCUT2D eigenvalue weighted by Gasteiger charge is 2.35. The van der Waals surface area contributed by atoms with Gasteiger partial charge in [-0.1, -0.05) is 6.42 Å². The summed E-state index contributed by atoms with van der Waals surface area (Å²) in [6.07, 6.45) is 10.1. The predicted molar refractivity (Wildman–Crippen MR) is 62.9 cm³/mol. The molecule has 0 radical (unpaired) electrons. The predicted octanol–water partition coefficient (Wildman–Crippen LogP) is 2.00. The fraction of sp³-hybridized carbons (Fsp3) is 1.00. The zero-order valence-corrected chi connectivity index (χ0v) is 9.91. The lowest BCUT2D eigenvalue weighted by molar-refractivity contribution is 0.125. The van der Waals surface area contributed by atoms with Gasteiger partial charge in [-0.3, -0.25) is 0 Å². The number of nitrogens with one attached hydrogen (secondary N) is 1. The van der Waals surface area contributed by atoms with Gasteiger partial charge in [0.15, 0.2) is 0 Å². The molecule has 0 aromatic rings. The van der Waals surface area contributed by atoms with Crippen molar-refractivity contribution in [3.63, 3.8) is 0 Å². The van der Waals surface area contributed by atoms with Crippen LogP contribution in [0.5, 0.6) is 0 Å². The molecule has 3 rings (SSSR count). The number of hydrogen-bond acceptors (Lipinski definition) is 2. The van der Waals surface area contributed by atoms with Gasteiger partial charge in [-0.05, 0) is 51.5 Å². The van der Waals surface area contributed by atoms with Gasteiger partial charge in [0, 0.05) is 24.7 Å². The van der Waals surface area contributed by atoms with Crippen molar-refractivity contribution >= 4 is 0 Å². The van der Waals surface area contributed by atoms with E-state index in [1.165, 1.54) is 51.5 Å². The molecule has 0 amide bonds. The standard InChI is InChI=1S/C13H24N2/c1-15(9-10-3-2-4-10)13-7-11-5-6-12(8-13)14-11/h10-14H,2-9H2,1H3. The first-order valence-electron chi connectivity index (χ1n) is 6.77. The summed E-state index contributed by atoms with van der Waals surface area (Å²) in [5.74, 6) is 1.03. The van der Waals surface area contributed by atoms with E-state index in [4.69, 9.17) is 0 Å². The molecule has 86 valence electrons. The van der Waals surface area contributed by atoms with Crippen LogP contribution >= 0.6 is 0 Å². The molecule has 2 bridgehead atoms. The van der Waals surface area contributed by atoms with Crippen molar-refractivity contribution in [2.75, 3.05) is 13.6 Å². The summed E-state index contributed by atoms with van der Waals surface area (Å²) in [5, 5.41) is 3.73. The van der Waals surface area contributed by atoms with Crippen LogP contribution in [0.3, 0.4) is 0 Å². The molecule has 2 aliphatic heterocycles. The fourth-order valence-electron chi connectivity index (χ4n) is 3.62. The molecular formula is C13H24N2. The summed E-state index contributed by atoms with van der Waals surface area (Å²) >= 11 is 0. The lowest BCUT2D eigenvalue weighted by Crippen LogP contribution is -2.48. The number of hydrogen-bond donors (Lipinski definition) is 1. The summed E-state index contributed by atoms with van der Waals surface area (Å²) in [4.78, 5) is 2.66. The zero-order chi connectivity index (χ0) is 10.3. The average Bonchev–Trinajstić information content (AvgIpc) is 2.51. The summed E-state index contributed by atoms with van der Waals surface area (Å²) in [6, 6.07) is 2.57. The van der Waals surface area contributed by atoms with Gasteiger partial charge in [0.05, 0.1) is 0 Å². The SMILES string of the molecule is CN(CC1CCC1)C1CC2CCC(C1)N2. The first-order valence-corrected chi connectivity index (χ1v) is 6.77. The molecule has 0 aromatic carbocycles. The number of rotatable bonds is 3. The van der Waals surface area contributed by atoms with E-state index in [0.29, 0.717) is 0 Å². The van der Waals surface area contributed by atoms with E-state index < -0.39 is 0 Å². The van der Waals surface area contributed by atoms with Crippen LogP contribution in [0.15, 0.2) is 0 Å². The van der Waals surface area contributed by atoms with Crippen LogP contribution < -0.4 is 5.32 Å². The normalized spacial score (nSPS) is 40.8. The van der Waals surface area contributed by atoms with Crippen molar-refractivity contribution in [2.24, 2.45) is 5.92 Å². The Morgan fingerprint density at radius 2 is 1.73 bits per heavy atom. The largest absolute Gasteiger partial charge is 0.311 e. The maximum absolute atomic E-state index is 3.73. The number of nitrogens with zero attached hydrogens (tertiary/aromatic N) is 1. The third kappa shape index (κ3) is 2.07. The summed E-state index contributed by atoms with van der Waals surface area (Å²) in [5.41, 5.74) is 0. The second-order valence-electron chi connectivity index (χ2n) is 6.00. The lowest BCUT2D eigenvalue weighted by Gasteiger charge is -2.39. The van der Waals surface area contributed by atoms with Crippen molar-refractivity contribution < 1.29 is 0 Å². The molecule has 2 saturated heterocycles. The molecule has 1 saturated carbocycles. The summed E-state index contributed by atoms with van der Waals surface area (Å²) < 4.78 is 0. The third-order valence-electron chi connectivity index (χ3n) is 4.84. The minimum absolute atomic E-state index is 0.845. The molecule has 0 spiro atoms. The van der Waals surface area contributed by atoms with Gasteiger partial charge in [-0.25, -0.2) is 0 Å². The minimum Gasteiger partial charge on any atom is -0.311 e. The minimum atomic E-state index is 0.845. The Hall–Kier alpha value is -0.0800. The fourth-order valence-corrected chi connectivity index (χ4v) is 3.62. The van der Waals surface area contributed by atoms with Crippen molar-refractivity contribution in [1.29, 1.82) is 0 Å². The van der Waals surface area contributed by atoms with Crippen LogP contribution in [-0.2, 0) is 0 Å². The van der Waals surface area contributed by atoms with Crippen LogP contribution in [0.4, 0.5) is 0 Å². The second kappa shape index (κ2) is 4.06. The molecule has 3 aliphatic rings. The summed E-state index contributed by atoms with van der Waals surface area (Å²) in [7, 11) is 2.35. The van der Waals surface area contributed by atoms with Crippen molar-refractivity contribution in [3.05, 3.63) is 0 Å². The monoisotopic (exact) mass is 208 g/mol. The molecule has 2 heteroatoms. The molecular weight excluding hydrogens is 184 g/mol. The van der Waals surface area contributed by atoms with E-state index in [-0.39, 0.29) is 0 Å². The molecule has 1 aliphatic carbocycles. The van der Waals surface area contributed by atoms with E-state index >= 15 is 0 Å². The molecule has 2 atom stereocenters. The highest BCUT2D eigenvalue weighted by Crippen LogP contribution is 2.32. The second-order valence-corrected chi connectivity index (χ2v) is 6.00. The van der Waals surface area contributed by atoms with Crippen LogP contribution in [0.1, 0.15) is 44.9 Å². The first-order chi connectivity index (χ1) is 7.31. The lowest BCUT2D eigenvalue weighted by atomic mass is 9.84. The Balaban J connectivity index is 1.52. The van der Waals surface area contributed by atoms with Crippen molar-refractivity contribution in [2.45, 2.75) is 63.1 Å². The van der Waals surface area contributed by atoms with E-state index in [1.807, 2.05) is 0 Å². The number of fused-ring (bicyclic) bond motifs is 2. The number of piperidine rings is 1. The highest BCUT2D eigenvalue weighted by molar-refractivity contribution is 4.95. The molecule has 3 fully saturated rings. The van der Waals surface area contributed by atoms with Crippen LogP contribution in [0.2, 0.25) is 0 Å². The maximum Gasteiger partial charge on any atom is 0.0122 e. The van der Waals surface area contributed by atoms with Crippen LogP contribution in [-0.4, -0.2) is 36.6 Å². The van der Waals surface area contributed by atoms with E-state index in [2.05, 4.69) is 17.3 Å². The average molecular weight is 208 g/mol. The van der Waals surface area contributed by atoms with E-state index in [0.717, 1.165) is 24.0 Å². The van der Waals surface area contributed by atoms with Gasteiger partial charge in [-0.2, -0.15) is 0 Å². The molecule has 2 nitrogen and oxygen atoms in total. The highest BCUT2D eigenvalue weighted by atomic mass is 15.2. The Bertz CT molecular complexity index is 213. The van der Waals surface area contributed by atoms with Crippen LogP contribution in [0.25, 0.3) is 0 Å². The Kier molecular flexibility index (Phi) is 2.73. The van der Waals surface area contributed by atoms with Gasteiger partial charge in [0.2, 0.25) is 0 Å². The van der Waals surface area contributed by atoms with Gasteiger partial charge in [0.1, 0.15) is 0 Å². The molecule has 2 heterocycles. The smallest absolute Gasteiger partial charge is 0.0122 e. The van der Waals surface area contributed by atoms with E-state index in [9.17, 15) is 0 Å². The van der Waals surface area contributed by atoms with Crippen LogP contribution in [0, 0.1) is 5.92 Å². The molecule has 0 aromatic heterocycles. The first kappa shape index (κ1) is 10.1. The van der Waals surface area contributed by atoms with Gasteiger partial charge < -0.3 is 10.2 Å². The van der Waals surface area contributed by atoms with Gasteiger partial charge in [-0.15, -0.1) is 0 Å². The van der Waals surface area contributed by atoms with Gasteiger partial charge in [0.25, 0.3) is 0 Å². The van der Waals surface area contributed by atoms with Crippen molar-refractivity contribution in [3.8, 4) is 0 Å². The molecule has 15 heavy (non-hydrogen) atoms. The quantitative estimate of drug-likeness (QED) is 0.763. The molecule has 2 unspecified atom stereocenters. The topological polar surface area (TPSA) is 15.3 Å².